The minimum Gasteiger partial charge on any atom is -0.478 e. The summed E-state index contributed by atoms with van der Waals surface area (Å²) in [5.74, 6) is -1.72. The molecule has 2 rings (SSSR count). The predicted molar refractivity (Wildman–Crippen MR) is 77.4 cm³/mol. The van der Waals surface area contributed by atoms with Crippen LogP contribution >= 0.6 is 27.5 Å². The second kappa shape index (κ2) is 5.76. The van der Waals surface area contributed by atoms with Gasteiger partial charge in [0.1, 0.15) is 0 Å². The molecule has 7 heteroatoms. The van der Waals surface area contributed by atoms with Crippen LogP contribution in [-0.4, -0.2) is 28.6 Å². The third kappa shape index (κ3) is 2.62. The van der Waals surface area contributed by atoms with E-state index in [4.69, 9.17) is 21.4 Å². The number of fused-ring (bicyclic) bond motifs is 1. The quantitative estimate of drug-likeness (QED) is 0.850. The minimum atomic E-state index is -1.12. The molecule has 5 nitrogen and oxygen atoms in total. The summed E-state index contributed by atoms with van der Waals surface area (Å²) < 4.78 is 5.41. The Hall–Kier alpha value is -1.66. The summed E-state index contributed by atoms with van der Waals surface area (Å²) in [7, 11) is 0. The summed E-state index contributed by atoms with van der Waals surface area (Å²) in [5, 5.41) is 9.67. The van der Waals surface area contributed by atoms with E-state index in [2.05, 4.69) is 20.9 Å². The molecule has 1 aromatic heterocycles. The Labute approximate surface area is 127 Å². The first-order chi connectivity index (χ1) is 9.45. The average Bonchev–Trinajstić information content (AvgIpc) is 2.39. The second-order valence-corrected chi connectivity index (χ2v) is 5.15. The first-order valence-electron chi connectivity index (χ1n) is 5.63. The third-order valence-corrected chi connectivity index (χ3v) is 3.46. The van der Waals surface area contributed by atoms with Crippen LogP contribution in [0, 0.1) is 0 Å². The zero-order valence-electron chi connectivity index (χ0n) is 10.3. The molecular weight excluding hydrogens is 350 g/mol. The van der Waals surface area contributed by atoms with E-state index < -0.39 is 11.9 Å². The van der Waals surface area contributed by atoms with Crippen molar-refractivity contribution in [3.63, 3.8) is 0 Å². The van der Waals surface area contributed by atoms with E-state index in [1.165, 1.54) is 12.3 Å². The lowest BCUT2D eigenvalue weighted by Crippen LogP contribution is -2.07. The lowest BCUT2D eigenvalue weighted by atomic mass is 10.1. The van der Waals surface area contributed by atoms with Crippen molar-refractivity contribution in [1.29, 1.82) is 0 Å². The lowest BCUT2D eigenvalue weighted by Gasteiger charge is -2.09. The van der Waals surface area contributed by atoms with E-state index in [1.54, 1.807) is 13.0 Å². The number of carboxylic acids is 1. The lowest BCUT2D eigenvalue weighted by molar-refractivity contribution is 0.0526. The van der Waals surface area contributed by atoms with Crippen LogP contribution in [0.4, 0.5) is 0 Å². The number of carbonyl (C=O) groups is 2. The Bertz CT molecular complexity index is 717. The molecule has 104 valence electrons. The summed E-state index contributed by atoms with van der Waals surface area (Å²) in [6.07, 6.45) is 1.23. The number of hydrogen-bond donors (Lipinski definition) is 1. The topological polar surface area (TPSA) is 76.5 Å². The average molecular weight is 359 g/mol. The number of esters is 1. The molecule has 0 unspecified atom stereocenters. The van der Waals surface area contributed by atoms with Gasteiger partial charge in [-0.25, -0.2) is 9.59 Å². The summed E-state index contributed by atoms with van der Waals surface area (Å²) in [6, 6.07) is 3.04. The maximum Gasteiger partial charge on any atom is 0.341 e. The maximum absolute atomic E-state index is 11.7. The van der Waals surface area contributed by atoms with E-state index >= 15 is 0 Å². The van der Waals surface area contributed by atoms with Gasteiger partial charge in [-0.2, -0.15) is 0 Å². The molecule has 0 radical (unpaired) electrons. The van der Waals surface area contributed by atoms with Gasteiger partial charge in [-0.05, 0) is 19.1 Å². The molecule has 0 saturated carbocycles. The Kier molecular flexibility index (Phi) is 4.25. The van der Waals surface area contributed by atoms with Gasteiger partial charge in [-0.3, -0.25) is 4.98 Å². The summed E-state index contributed by atoms with van der Waals surface area (Å²) in [4.78, 5) is 27.0. The number of halogens is 2. The molecule has 1 heterocycles. The number of hydrogen-bond acceptors (Lipinski definition) is 4. The smallest absolute Gasteiger partial charge is 0.341 e. The van der Waals surface area contributed by atoms with Gasteiger partial charge in [0.05, 0.1) is 28.3 Å². The number of carbonyl (C=O) groups excluding carboxylic acids is 1. The number of aromatic nitrogens is 1. The standard InChI is InChI=1S/C13H9BrClNO4/c1-2-20-13(19)9-5-16-11-7(10(9)15)3-6(14)4-8(11)12(17)18/h3-5H,2H2,1H3,(H,17,18). The highest BCUT2D eigenvalue weighted by atomic mass is 79.9. The van der Waals surface area contributed by atoms with Crippen LogP contribution in [0.15, 0.2) is 22.8 Å². The fourth-order valence-corrected chi connectivity index (χ4v) is 2.48. The molecule has 2 aromatic rings. The van der Waals surface area contributed by atoms with Crippen LogP contribution in [0.5, 0.6) is 0 Å². The van der Waals surface area contributed by atoms with Crippen molar-refractivity contribution in [2.75, 3.05) is 6.61 Å². The minimum absolute atomic E-state index is 0.00619. The van der Waals surface area contributed by atoms with Gasteiger partial charge in [0.15, 0.2) is 0 Å². The van der Waals surface area contributed by atoms with Gasteiger partial charge in [-0.1, -0.05) is 27.5 Å². The summed E-state index contributed by atoms with van der Waals surface area (Å²) >= 11 is 9.38. The molecule has 0 aliphatic heterocycles. The first kappa shape index (κ1) is 14.7. The van der Waals surface area contributed by atoms with E-state index in [0.29, 0.717) is 9.86 Å². The molecule has 0 aliphatic carbocycles. The van der Waals surface area contributed by atoms with Gasteiger partial charge >= 0.3 is 11.9 Å². The Morgan fingerprint density at radius 3 is 2.70 bits per heavy atom. The largest absolute Gasteiger partial charge is 0.478 e. The molecule has 0 saturated heterocycles. The molecule has 0 amide bonds. The molecule has 0 atom stereocenters. The van der Waals surface area contributed by atoms with Crippen molar-refractivity contribution in [2.45, 2.75) is 6.92 Å². The number of nitrogens with zero attached hydrogens (tertiary/aromatic N) is 1. The Morgan fingerprint density at radius 2 is 2.10 bits per heavy atom. The molecule has 0 aliphatic rings. The SMILES string of the molecule is CCOC(=O)c1cnc2c(C(=O)O)cc(Br)cc2c1Cl. The van der Waals surface area contributed by atoms with Gasteiger partial charge in [0.25, 0.3) is 0 Å². The number of rotatable bonds is 3. The Balaban J connectivity index is 2.73. The fraction of sp³-hybridized carbons (Fsp3) is 0.154. The second-order valence-electron chi connectivity index (χ2n) is 3.86. The van der Waals surface area contributed by atoms with Crippen LogP contribution in [0.1, 0.15) is 27.6 Å². The monoisotopic (exact) mass is 357 g/mol. The van der Waals surface area contributed by atoms with Gasteiger partial charge in [-0.15, -0.1) is 0 Å². The molecule has 0 fully saturated rings. The summed E-state index contributed by atoms with van der Waals surface area (Å²) in [5.41, 5.74) is 0.334. The van der Waals surface area contributed by atoms with Crippen LogP contribution < -0.4 is 0 Å². The van der Waals surface area contributed by atoms with Gasteiger partial charge < -0.3 is 9.84 Å². The highest BCUT2D eigenvalue weighted by Gasteiger charge is 2.19. The van der Waals surface area contributed by atoms with E-state index in [1.807, 2.05) is 0 Å². The molecular formula is C13H9BrClNO4. The van der Waals surface area contributed by atoms with E-state index in [0.717, 1.165) is 0 Å². The summed E-state index contributed by atoms with van der Waals surface area (Å²) in [6.45, 7) is 1.89. The molecule has 0 spiro atoms. The molecule has 0 bridgehead atoms. The van der Waals surface area contributed by atoms with Gasteiger partial charge in [0.2, 0.25) is 0 Å². The molecule has 20 heavy (non-hydrogen) atoms. The highest BCUT2D eigenvalue weighted by molar-refractivity contribution is 9.10. The number of benzene rings is 1. The van der Waals surface area contributed by atoms with Crippen molar-refractivity contribution >= 4 is 50.4 Å². The normalized spacial score (nSPS) is 10.6. The van der Waals surface area contributed by atoms with Crippen molar-refractivity contribution < 1.29 is 19.4 Å². The zero-order chi connectivity index (χ0) is 14.9. The van der Waals surface area contributed by atoms with Crippen molar-refractivity contribution in [1.82, 2.24) is 4.98 Å². The van der Waals surface area contributed by atoms with Crippen LogP contribution in [0.3, 0.4) is 0 Å². The first-order valence-corrected chi connectivity index (χ1v) is 6.81. The van der Waals surface area contributed by atoms with Crippen molar-refractivity contribution in [2.24, 2.45) is 0 Å². The predicted octanol–water partition coefficient (Wildman–Crippen LogP) is 3.53. The Morgan fingerprint density at radius 1 is 1.40 bits per heavy atom. The van der Waals surface area contributed by atoms with E-state index in [-0.39, 0.29) is 28.3 Å². The number of aromatic carboxylic acids is 1. The number of carboxylic acid groups (broad SMARTS) is 1. The molecule has 1 aromatic carbocycles. The highest BCUT2D eigenvalue weighted by Crippen LogP contribution is 2.31. The van der Waals surface area contributed by atoms with Crippen molar-refractivity contribution in [3.8, 4) is 0 Å². The van der Waals surface area contributed by atoms with Crippen molar-refractivity contribution in [3.05, 3.63) is 39.0 Å². The fourth-order valence-electron chi connectivity index (χ4n) is 1.75. The van der Waals surface area contributed by atoms with Crippen LogP contribution in [0.25, 0.3) is 10.9 Å². The van der Waals surface area contributed by atoms with E-state index in [9.17, 15) is 9.59 Å². The third-order valence-electron chi connectivity index (χ3n) is 2.60. The molecule has 1 N–H and O–H groups in total. The number of ether oxygens (including phenoxy) is 1. The van der Waals surface area contributed by atoms with Crippen LogP contribution in [-0.2, 0) is 4.74 Å². The van der Waals surface area contributed by atoms with Gasteiger partial charge in [0, 0.05) is 16.1 Å². The maximum atomic E-state index is 11.7. The number of pyridine rings is 1. The zero-order valence-corrected chi connectivity index (χ0v) is 12.7. The van der Waals surface area contributed by atoms with Crippen LogP contribution in [0.2, 0.25) is 5.02 Å².